The molecule has 134 valence electrons. The van der Waals surface area contributed by atoms with Crippen LogP contribution in [0.3, 0.4) is 0 Å². The summed E-state index contributed by atoms with van der Waals surface area (Å²) in [5.74, 6) is -0.0561. The fraction of sp³-hybridized carbons (Fsp3) is 0.500. The molecule has 0 aromatic heterocycles. The van der Waals surface area contributed by atoms with Crippen LogP contribution in [0.25, 0.3) is 0 Å². The lowest BCUT2D eigenvalue weighted by molar-refractivity contribution is -0.120. The Morgan fingerprint density at radius 3 is 2.88 bits per heavy atom. The fourth-order valence-corrected chi connectivity index (χ4v) is 3.26. The molecule has 2 aliphatic heterocycles. The first kappa shape index (κ1) is 17.4. The highest BCUT2D eigenvalue weighted by atomic mass is 16.5. The van der Waals surface area contributed by atoms with Crippen molar-refractivity contribution in [1.29, 1.82) is 0 Å². The van der Waals surface area contributed by atoms with Crippen LogP contribution >= 0.6 is 0 Å². The second kappa shape index (κ2) is 7.23. The molecule has 1 unspecified atom stereocenters. The Kier molecular flexibility index (Phi) is 5.03. The lowest BCUT2D eigenvalue weighted by atomic mass is 9.98. The first-order valence-corrected chi connectivity index (χ1v) is 8.50. The zero-order valence-electron chi connectivity index (χ0n) is 14.6. The second-order valence-corrected chi connectivity index (χ2v) is 6.48. The van der Waals surface area contributed by atoms with Crippen molar-refractivity contribution in [3.8, 4) is 0 Å². The molecule has 0 saturated carbocycles. The van der Waals surface area contributed by atoms with Gasteiger partial charge in [0.25, 0.3) is 5.91 Å². The van der Waals surface area contributed by atoms with Gasteiger partial charge in [-0.15, -0.1) is 0 Å². The van der Waals surface area contributed by atoms with E-state index in [2.05, 4.69) is 5.32 Å². The predicted octanol–water partition coefficient (Wildman–Crippen LogP) is 0.573. The standard InChI is InChI=1S/C18H23N3O4/c1-12(22)19-10-15-11-21(7-8-25-15)18(24)14-3-5-16-13(9-14)4-6-17(23)20(16)2/h3,5,9,15H,4,6-8,10-11H2,1-2H3,(H,19,22). The summed E-state index contributed by atoms with van der Waals surface area (Å²) in [4.78, 5) is 39.0. The van der Waals surface area contributed by atoms with Gasteiger partial charge in [-0.2, -0.15) is 0 Å². The summed E-state index contributed by atoms with van der Waals surface area (Å²) < 4.78 is 5.61. The van der Waals surface area contributed by atoms with Crippen LogP contribution in [0.4, 0.5) is 5.69 Å². The number of aryl methyl sites for hydroxylation is 1. The molecule has 2 heterocycles. The highest BCUT2D eigenvalue weighted by Gasteiger charge is 2.27. The molecule has 7 nitrogen and oxygen atoms in total. The number of carbonyl (C=O) groups is 3. The molecule has 1 fully saturated rings. The van der Waals surface area contributed by atoms with Crippen LogP contribution in [0, 0.1) is 0 Å². The van der Waals surface area contributed by atoms with E-state index in [-0.39, 0.29) is 23.8 Å². The van der Waals surface area contributed by atoms with Gasteiger partial charge in [0.2, 0.25) is 11.8 Å². The largest absolute Gasteiger partial charge is 0.373 e. The van der Waals surface area contributed by atoms with Crippen molar-refractivity contribution in [2.45, 2.75) is 25.9 Å². The highest BCUT2D eigenvalue weighted by Crippen LogP contribution is 2.28. The summed E-state index contributed by atoms with van der Waals surface area (Å²) in [5.41, 5.74) is 2.52. The van der Waals surface area contributed by atoms with E-state index in [1.165, 1.54) is 6.92 Å². The van der Waals surface area contributed by atoms with E-state index in [0.29, 0.717) is 44.6 Å². The Hall–Kier alpha value is -2.41. The van der Waals surface area contributed by atoms with Crippen LogP contribution in [0.5, 0.6) is 0 Å². The van der Waals surface area contributed by atoms with Gasteiger partial charge in [0.15, 0.2) is 0 Å². The van der Waals surface area contributed by atoms with Gasteiger partial charge >= 0.3 is 0 Å². The molecule has 1 N–H and O–H groups in total. The molecular formula is C18H23N3O4. The van der Waals surface area contributed by atoms with Crippen molar-refractivity contribution in [2.24, 2.45) is 0 Å². The average Bonchev–Trinajstić information content (AvgIpc) is 2.62. The molecule has 0 radical (unpaired) electrons. The van der Waals surface area contributed by atoms with Gasteiger partial charge in [0.1, 0.15) is 0 Å². The Balaban J connectivity index is 1.70. The maximum atomic E-state index is 12.8. The molecular weight excluding hydrogens is 322 g/mol. The third-order valence-corrected chi connectivity index (χ3v) is 4.67. The normalized spacial score (nSPS) is 20.2. The minimum atomic E-state index is -0.192. The fourth-order valence-electron chi connectivity index (χ4n) is 3.26. The van der Waals surface area contributed by atoms with Crippen molar-refractivity contribution in [1.82, 2.24) is 10.2 Å². The SMILES string of the molecule is CC(=O)NCC1CN(C(=O)c2ccc3c(c2)CCC(=O)N3C)CCO1. The van der Waals surface area contributed by atoms with E-state index < -0.39 is 0 Å². The number of anilines is 1. The molecule has 0 spiro atoms. The number of benzene rings is 1. The summed E-state index contributed by atoms with van der Waals surface area (Å²) in [6.07, 6.45) is 0.939. The Bertz CT molecular complexity index is 704. The number of morpholine rings is 1. The summed E-state index contributed by atoms with van der Waals surface area (Å²) >= 11 is 0. The molecule has 7 heteroatoms. The smallest absolute Gasteiger partial charge is 0.254 e. The molecule has 0 bridgehead atoms. The number of fused-ring (bicyclic) bond motifs is 1. The Morgan fingerprint density at radius 1 is 1.32 bits per heavy atom. The van der Waals surface area contributed by atoms with Crippen molar-refractivity contribution in [2.75, 3.05) is 38.2 Å². The van der Waals surface area contributed by atoms with Crippen molar-refractivity contribution in [3.05, 3.63) is 29.3 Å². The first-order valence-electron chi connectivity index (χ1n) is 8.50. The molecule has 0 aliphatic carbocycles. The van der Waals surface area contributed by atoms with Gasteiger partial charge in [-0.05, 0) is 30.2 Å². The minimum absolute atomic E-state index is 0.0431. The van der Waals surface area contributed by atoms with Gasteiger partial charge in [-0.25, -0.2) is 0 Å². The van der Waals surface area contributed by atoms with Crippen molar-refractivity contribution in [3.63, 3.8) is 0 Å². The van der Waals surface area contributed by atoms with Crippen molar-refractivity contribution < 1.29 is 19.1 Å². The Labute approximate surface area is 146 Å². The van der Waals surface area contributed by atoms with Crippen LogP contribution in [-0.4, -0.2) is 62.0 Å². The van der Waals surface area contributed by atoms with Gasteiger partial charge in [0, 0.05) is 51.3 Å². The van der Waals surface area contributed by atoms with E-state index >= 15 is 0 Å². The minimum Gasteiger partial charge on any atom is -0.373 e. The van der Waals surface area contributed by atoms with Gasteiger partial charge in [-0.3, -0.25) is 14.4 Å². The molecule has 1 atom stereocenters. The molecule has 25 heavy (non-hydrogen) atoms. The summed E-state index contributed by atoms with van der Waals surface area (Å²) in [6, 6.07) is 5.50. The van der Waals surface area contributed by atoms with Gasteiger partial charge < -0.3 is 19.9 Å². The van der Waals surface area contributed by atoms with E-state index in [1.807, 2.05) is 12.1 Å². The molecule has 3 rings (SSSR count). The number of carbonyl (C=O) groups excluding carboxylic acids is 3. The molecule has 1 aromatic carbocycles. The number of nitrogens with zero attached hydrogens (tertiary/aromatic N) is 2. The third-order valence-electron chi connectivity index (χ3n) is 4.67. The zero-order chi connectivity index (χ0) is 18.0. The van der Waals surface area contributed by atoms with Crippen LogP contribution in [0.1, 0.15) is 29.3 Å². The summed E-state index contributed by atoms with van der Waals surface area (Å²) in [6.45, 7) is 3.30. The summed E-state index contributed by atoms with van der Waals surface area (Å²) in [7, 11) is 1.76. The van der Waals surface area contributed by atoms with E-state index in [9.17, 15) is 14.4 Å². The molecule has 2 aliphatic rings. The number of hydrogen-bond acceptors (Lipinski definition) is 4. The quantitative estimate of drug-likeness (QED) is 0.869. The molecule has 3 amide bonds. The lowest BCUT2D eigenvalue weighted by Gasteiger charge is -2.33. The monoisotopic (exact) mass is 345 g/mol. The predicted molar refractivity (Wildman–Crippen MR) is 92.5 cm³/mol. The first-order chi connectivity index (χ1) is 12.0. The Morgan fingerprint density at radius 2 is 2.12 bits per heavy atom. The van der Waals surface area contributed by atoms with Gasteiger partial charge in [-0.1, -0.05) is 0 Å². The van der Waals surface area contributed by atoms with Crippen LogP contribution in [-0.2, 0) is 20.7 Å². The van der Waals surface area contributed by atoms with Gasteiger partial charge in [0.05, 0.1) is 12.7 Å². The zero-order valence-corrected chi connectivity index (χ0v) is 14.6. The maximum absolute atomic E-state index is 12.8. The van der Waals surface area contributed by atoms with Crippen LogP contribution < -0.4 is 10.2 Å². The topological polar surface area (TPSA) is 79.0 Å². The van der Waals surface area contributed by atoms with E-state index in [1.54, 1.807) is 22.9 Å². The molecule has 1 aromatic rings. The van der Waals surface area contributed by atoms with Crippen LogP contribution in [0.2, 0.25) is 0 Å². The van der Waals surface area contributed by atoms with E-state index in [0.717, 1.165) is 11.3 Å². The maximum Gasteiger partial charge on any atom is 0.254 e. The number of rotatable bonds is 3. The lowest BCUT2D eigenvalue weighted by Crippen LogP contribution is -2.49. The summed E-state index contributed by atoms with van der Waals surface area (Å²) in [5, 5.41) is 2.73. The molecule has 1 saturated heterocycles. The van der Waals surface area contributed by atoms with Crippen molar-refractivity contribution >= 4 is 23.4 Å². The number of amides is 3. The highest BCUT2D eigenvalue weighted by molar-refractivity contribution is 5.99. The third kappa shape index (κ3) is 3.82. The second-order valence-electron chi connectivity index (χ2n) is 6.48. The number of nitrogens with one attached hydrogen (secondary N) is 1. The van der Waals surface area contributed by atoms with Crippen LogP contribution in [0.15, 0.2) is 18.2 Å². The number of ether oxygens (including phenoxy) is 1. The average molecular weight is 345 g/mol. The van der Waals surface area contributed by atoms with E-state index in [4.69, 9.17) is 4.74 Å². The number of hydrogen-bond donors (Lipinski definition) is 1.